The van der Waals surface area contributed by atoms with Crippen LogP contribution in [0.25, 0.3) is 0 Å². The molecule has 4 unspecified atom stereocenters. The van der Waals surface area contributed by atoms with Gasteiger partial charge < -0.3 is 26.0 Å². The monoisotopic (exact) mass is 446 g/mol. The van der Waals surface area contributed by atoms with Crippen LogP contribution in [0.15, 0.2) is 30.3 Å². The van der Waals surface area contributed by atoms with Gasteiger partial charge >= 0.3 is 6.09 Å². The molecule has 32 heavy (non-hydrogen) atoms. The first-order chi connectivity index (χ1) is 14.7. The Labute approximate surface area is 191 Å². The van der Waals surface area contributed by atoms with E-state index >= 15 is 0 Å². The second-order valence-electron chi connectivity index (χ2n) is 10.6. The minimum absolute atomic E-state index is 0.212. The summed E-state index contributed by atoms with van der Waals surface area (Å²) in [6, 6.07) is 7.52. The summed E-state index contributed by atoms with van der Waals surface area (Å²) in [6.07, 6.45) is -0.310. The lowest BCUT2D eigenvalue weighted by molar-refractivity contribution is -0.142. The van der Waals surface area contributed by atoms with Gasteiger partial charge in [-0.05, 0) is 45.1 Å². The lowest BCUT2D eigenvalue weighted by Crippen LogP contribution is -2.58. The van der Waals surface area contributed by atoms with Gasteiger partial charge in [0.15, 0.2) is 0 Å². The fourth-order valence-corrected chi connectivity index (χ4v) is 3.74. The summed E-state index contributed by atoms with van der Waals surface area (Å²) < 4.78 is 5.35. The minimum atomic E-state index is -0.871. The molecule has 1 aromatic carbocycles. The zero-order chi connectivity index (χ0) is 24.3. The smallest absolute Gasteiger partial charge is 0.408 e. The van der Waals surface area contributed by atoms with Crippen molar-refractivity contribution in [3.05, 3.63) is 35.9 Å². The number of ether oxygens (including phenoxy) is 1. The zero-order valence-electron chi connectivity index (χ0n) is 20.3. The molecule has 4 N–H and O–H groups in total. The van der Waals surface area contributed by atoms with E-state index in [4.69, 9.17) is 10.5 Å². The van der Waals surface area contributed by atoms with Gasteiger partial charge in [0.1, 0.15) is 17.7 Å². The van der Waals surface area contributed by atoms with Gasteiger partial charge in [0, 0.05) is 12.6 Å². The Hall–Kier alpha value is -2.61. The quantitative estimate of drug-likeness (QED) is 0.644. The molecule has 1 heterocycles. The maximum atomic E-state index is 13.5. The first kappa shape index (κ1) is 25.6. The van der Waals surface area contributed by atoms with Crippen molar-refractivity contribution in [3.8, 4) is 0 Å². The number of nitrogens with one attached hydrogen (secondary N) is 2. The number of amides is 3. The van der Waals surface area contributed by atoms with E-state index in [1.165, 1.54) is 4.90 Å². The van der Waals surface area contributed by atoms with Crippen molar-refractivity contribution in [2.75, 3.05) is 6.54 Å². The summed E-state index contributed by atoms with van der Waals surface area (Å²) in [5.74, 6) is -0.601. The highest BCUT2D eigenvalue weighted by molar-refractivity contribution is 5.92. The minimum Gasteiger partial charge on any atom is -0.444 e. The van der Waals surface area contributed by atoms with Crippen LogP contribution in [0, 0.1) is 5.41 Å². The van der Waals surface area contributed by atoms with Gasteiger partial charge in [-0.25, -0.2) is 4.79 Å². The molecular weight excluding hydrogens is 408 g/mol. The molecule has 1 saturated heterocycles. The first-order valence-electron chi connectivity index (χ1n) is 11.1. The standard InChI is InChI=1S/C24H38N4O4/c1-15(16-11-9-8-10-12-16)26-20(29)18-13-17(25)14-28(18)21(30)19(23(2,3)4)27-22(31)32-24(5,6)7/h8-12,15,17-19H,13-14,25H2,1-7H3,(H,26,29)(H,27,31). The number of hydrogen-bond acceptors (Lipinski definition) is 5. The highest BCUT2D eigenvalue weighted by Crippen LogP contribution is 2.26. The van der Waals surface area contributed by atoms with E-state index < -0.39 is 29.2 Å². The van der Waals surface area contributed by atoms with Gasteiger partial charge in [-0.1, -0.05) is 51.1 Å². The van der Waals surface area contributed by atoms with Crippen LogP contribution in [-0.2, 0) is 14.3 Å². The normalized spacial score (nSPS) is 20.9. The molecule has 1 aliphatic rings. The van der Waals surface area contributed by atoms with Crippen LogP contribution in [0.1, 0.15) is 66.5 Å². The lowest BCUT2D eigenvalue weighted by atomic mass is 9.85. The third kappa shape index (κ3) is 6.95. The third-order valence-electron chi connectivity index (χ3n) is 5.35. The molecule has 0 saturated carbocycles. The van der Waals surface area contributed by atoms with Crippen molar-refractivity contribution in [3.63, 3.8) is 0 Å². The van der Waals surface area contributed by atoms with E-state index in [-0.39, 0.29) is 30.4 Å². The number of likely N-dealkylation sites (tertiary alicyclic amines) is 1. The van der Waals surface area contributed by atoms with E-state index in [1.807, 2.05) is 58.0 Å². The molecule has 0 radical (unpaired) electrons. The van der Waals surface area contributed by atoms with Gasteiger partial charge in [-0.15, -0.1) is 0 Å². The van der Waals surface area contributed by atoms with Crippen LogP contribution in [0.5, 0.6) is 0 Å². The average molecular weight is 447 g/mol. The molecule has 4 atom stereocenters. The fourth-order valence-electron chi connectivity index (χ4n) is 3.74. The number of alkyl carbamates (subject to hydrolysis) is 1. The molecule has 1 aromatic rings. The van der Waals surface area contributed by atoms with Crippen molar-refractivity contribution in [1.29, 1.82) is 0 Å². The number of carbonyl (C=O) groups excluding carboxylic acids is 3. The molecule has 0 aliphatic carbocycles. The Kier molecular flexibility index (Phi) is 7.93. The summed E-state index contributed by atoms with van der Waals surface area (Å²) in [4.78, 5) is 40.5. The maximum Gasteiger partial charge on any atom is 0.408 e. The van der Waals surface area contributed by atoms with E-state index in [9.17, 15) is 14.4 Å². The molecule has 1 aliphatic heterocycles. The summed E-state index contributed by atoms with van der Waals surface area (Å²) in [5.41, 5.74) is 5.82. The molecule has 178 valence electrons. The molecule has 8 heteroatoms. The van der Waals surface area contributed by atoms with E-state index in [0.29, 0.717) is 6.42 Å². The molecule has 0 spiro atoms. The van der Waals surface area contributed by atoms with Crippen LogP contribution in [0.4, 0.5) is 4.79 Å². The highest BCUT2D eigenvalue weighted by atomic mass is 16.6. The molecule has 0 bridgehead atoms. The van der Waals surface area contributed by atoms with E-state index in [0.717, 1.165) is 5.56 Å². The Balaban J connectivity index is 2.18. The van der Waals surface area contributed by atoms with Gasteiger partial charge in [0.2, 0.25) is 11.8 Å². The Morgan fingerprint density at radius 3 is 2.19 bits per heavy atom. The van der Waals surface area contributed by atoms with Gasteiger partial charge in [-0.3, -0.25) is 9.59 Å². The lowest BCUT2D eigenvalue weighted by Gasteiger charge is -2.36. The predicted molar refractivity (Wildman–Crippen MR) is 124 cm³/mol. The van der Waals surface area contributed by atoms with Crippen molar-refractivity contribution in [2.45, 2.75) is 84.7 Å². The molecule has 1 fully saturated rings. The second-order valence-corrected chi connectivity index (χ2v) is 10.6. The summed E-state index contributed by atoms with van der Waals surface area (Å²) in [7, 11) is 0. The first-order valence-corrected chi connectivity index (χ1v) is 11.1. The number of nitrogens with zero attached hydrogens (tertiary/aromatic N) is 1. The van der Waals surface area contributed by atoms with Crippen LogP contribution in [0.2, 0.25) is 0 Å². The van der Waals surface area contributed by atoms with E-state index in [2.05, 4.69) is 10.6 Å². The molecule has 0 aromatic heterocycles. The van der Waals surface area contributed by atoms with Crippen LogP contribution >= 0.6 is 0 Å². The molecule has 8 nitrogen and oxygen atoms in total. The SMILES string of the molecule is CC(NC(=O)C1CC(N)CN1C(=O)C(NC(=O)OC(C)(C)C)C(C)(C)C)c1ccccc1. The van der Waals surface area contributed by atoms with Crippen molar-refractivity contribution in [2.24, 2.45) is 11.1 Å². The van der Waals surface area contributed by atoms with Crippen molar-refractivity contribution < 1.29 is 19.1 Å². The van der Waals surface area contributed by atoms with Gasteiger partial charge in [0.25, 0.3) is 0 Å². The summed E-state index contributed by atoms with van der Waals surface area (Å²) in [6.45, 7) is 13.0. The van der Waals surface area contributed by atoms with Gasteiger partial charge in [0.05, 0.1) is 6.04 Å². The molecular formula is C24H38N4O4. The number of rotatable bonds is 5. The number of benzene rings is 1. The average Bonchev–Trinajstić information content (AvgIpc) is 3.06. The Morgan fingerprint density at radius 1 is 1.06 bits per heavy atom. The summed E-state index contributed by atoms with van der Waals surface area (Å²) in [5, 5.41) is 5.70. The Bertz CT molecular complexity index is 814. The molecule has 3 amide bonds. The maximum absolute atomic E-state index is 13.5. The number of nitrogens with two attached hydrogens (primary N) is 1. The van der Waals surface area contributed by atoms with Crippen LogP contribution < -0.4 is 16.4 Å². The topological polar surface area (TPSA) is 114 Å². The Morgan fingerprint density at radius 2 is 1.66 bits per heavy atom. The van der Waals surface area contributed by atoms with Crippen molar-refractivity contribution in [1.82, 2.24) is 15.5 Å². The second kappa shape index (κ2) is 9.90. The number of hydrogen-bond donors (Lipinski definition) is 3. The van der Waals surface area contributed by atoms with Crippen LogP contribution in [-0.4, -0.2) is 53.1 Å². The number of carbonyl (C=O) groups is 3. The van der Waals surface area contributed by atoms with Crippen LogP contribution in [0.3, 0.4) is 0 Å². The van der Waals surface area contributed by atoms with Crippen molar-refractivity contribution >= 4 is 17.9 Å². The largest absolute Gasteiger partial charge is 0.444 e. The predicted octanol–water partition coefficient (Wildman–Crippen LogP) is 2.73. The van der Waals surface area contributed by atoms with Gasteiger partial charge in [-0.2, -0.15) is 0 Å². The molecule has 2 rings (SSSR count). The third-order valence-corrected chi connectivity index (χ3v) is 5.35. The van der Waals surface area contributed by atoms with E-state index in [1.54, 1.807) is 20.8 Å². The fraction of sp³-hybridized carbons (Fsp3) is 0.625. The highest BCUT2D eigenvalue weighted by Gasteiger charge is 2.44. The summed E-state index contributed by atoms with van der Waals surface area (Å²) >= 11 is 0. The zero-order valence-corrected chi connectivity index (χ0v) is 20.3.